The Hall–Kier alpha value is -1.63. The maximum Gasteiger partial charge on any atom is 0.0705 e. The van der Waals surface area contributed by atoms with Crippen LogP contribution in [-0.2, 0) is 6.42 Å². The molecule has 1 heterocycles. The minimum atomic E-state index is 0.894. The maximum absolute atomic E-state index is 4.59. The minimum absolute atomic E-state index is 0.894. The summed E-state index contributed by atoms with van der Waals surface area (Å²) in [4.78, 5) is 4.59. The van der Waals surface area contributed by atoms with E-state index in [1.54, 1.807) is 0 Å². The molecular formula is C14H14N. The predicted octanol–water partition coefficient (Wildman–Crippen LogP) is 3.52. The summed E-state index contributed by atoms with van der Waals surface area (Å²) in [5.41, 5.74) is 3.33. The van der Waals surface area contributed by atoms with E-state index in [1.807, 2.05) is 24.3 Å². The van der Waals surface area contributed by atoms with E-state index in [0.29, 0.717) is 0 Å². The van der Waals surface area contributed by atoms with Crippen LogP contribution in [0.15, 0.2) is 48.5 Å². The molecule has 1 aromatic heterocycles. The number of aromatic nitrogens is 1. The lowest BCUT2D eigenvalue weighted by Crippen LogP contribution is -1.91. The Kier molecular flexibility index (Phi) is 3.13. The number of nitrogens with zero attached hydrogens (tertiary/aromatic N) is 1. The Balaban J connectivity index is 2.33. The van der Waals surface area contributed by atoms with Gasteiger partial charge >= 0.3 is 0 Å². The Morgan fingerprint density at radius 1 is 0.933 bits per heavy atom. The lowest BCUT2D eigenvalue weighted by Gasteiger charge is -2.03. The van der Waals surface area contributed by atoms with E-state index in [9.17, 15) is 0 Å². The van der Waals surface area contributed by atoms with Crippen LogP contribution in [0.3, 0.4) is 0 Å². The van der Waals surface area contributed by atoms with Gasteiger partial charge in [-0.1, -0.05) is 43.3 Å². The number of pyridine rings is 1. The van der Waals surface area contributed by atoms with E-state index >= 15 is 0 Å². The minimum Gasteiger partial charge on any atom is -0.253 e. The molecule has 0 saturated carbocycles. The smallest absolute Gasteiger partial charge is 0.0705 e. The fourth-order valence-electron chi connectivity index (χ4n) is 1.57. The second-order valence-corrected chi connectivity index (χ2v) is 3.48. The van der Waals surface area contributed by atoms with E-state index < -0.39 is 0 Å². The van der Waals surface area contributed by atoms with Crippen LogP contribution in [0.1, 0.15) is 12.1 Å². The maximum atomic E-state index is 4.59. The molecule has 0 aliphatic rings. The Morgan fingerprint density at radius 3 is 2.47 bits per heavy atom. The van der Waals surface area contributed by atoms with Crippen molar-refractivity contribution >= 4 is 0 Å². The van der Waals surface area contributed by atoms with Crippen LogP contribution in [0.25, 0.3) is 11.3 Å². The van der Waals surface area contributed by atoms with Crippen molar-refractivity contribution in [3.63, 3.8) is 0 Å². The largest absolute Gasteiger partial charge is 0.253 e. The van der Waals surface area contributed by atoms with Gasteiger partial charge in [0.25, 0.3) is 0 Å². The first-order valence-electron chi connectivity index (χ1n) is 5.21. The quantitative estimate of drug-likeness (QED) is 0.732. The standard InChI is InChI=1S/C14H14N/c1-2-7-13-10-6-11-14(15-13)12-8-4-3-5-9-12/h3-6,8-11H,1-2,7H2. The van der Waals surface area contributed by atoms with Crippen LogP contribution in [0.2, 0.25) is 0 Å². The van der Waals surface area contributed by atoms with Crippen molar-refractivity contribution < 1.29 is 0 Å². The Labute approximate surface area is 90.8 Å². The fraction of sp³-hybridized carbons (Fsp3) is 0.143. The highest BCUT2D eigenvalue weighted by atomic mass is 14.7. The second-order valence-electron chi connectivity index (χ2n) is 3.48. The van der Waals surface area contributed by atoms with Gasteiger partial charge in [-0.2, -0.15) is 0 Å². The van der Waals surface area contributed by atoms with Crippen LogP contribution in [0.5, 0.6) is 0 Å². The van der Waals surface area contributed by atoms with Gasteiger partial charge in [-0.15, -0.1) is 0 Å². The van der Waals surface area contributed by atoms with E-state index in [0.717, 1.165) is 24.2 Å². The summed E-state index contributed by atoms with van der Waals surface area (Å²) in [6.07, 6.45) is 1.84. The molecule has 0 amide bonds. The summed E-state index contributed by atoms with van der Waals surface area (Å²) in [5, 5.41) is 0. The van der Waals surface area contributed by atoms with Crippen LogP contribution in [0, 0.1) is 6.92 Å². The van der Waals surface area contributed by atoms with Gasteiger partial charge in [-0.3, -0.25) is 4.98 Å². The van der Waals surface area contributed by atoms with E-state index in [4.69, 9.17) is 0 Å². The normalized spacial score (nSPS) is 10.2. The lowest BCUT2D eigenvalue weighted by atomic mass is 10.1. The molecule has 1 nitrogen and oxygen atoms in total. The zero-order valence-electron chi connectivity index (χ0n) is 8.69. The molecule has 0 fully saturated rings. The molecule has 1 heteroatoms. The van der Waals surface area contributed by atoms with Gasteiger partial charge in [0.1, 0.15) is 0 Å². The Morgan fingerprint density at radius 2 is 1.73 bits per heavy atom. The number of aryl methyl sites for hydroxylation is 1. The number of hydrogen-bond donors (Lipinski definition) is 0. The molecule has 0 aliphatic carbocycles. The summed E-state index contributed by atoms with van der Waals surface area (Å²) < 4.78 is 0. The van der Waals surface area contributed by atoms with Crippen molar-refractivity contribution in [2.24, 2.45) is 0 Å². The fourth-order valence-corrected chi connectivity index (χ4v) is 1.57. The van der Waals surface area contributed by atoms with Crippen LogP contribution < -0.4 is 0 Å². The van der Waals surface area contributed by atoms with Crippen LogP contribution in [-0.4, -0.2) is 4.98 Å². The van der Waals surface area contributed by atoms with Crippen LogP contribution in [0.4, 0.5) is 0 Å². The van der Waals surface area contributed by atoms with Crippen molar-refractivity contribution in [3.05, 3.63) is 61.1 Å². The summed E-state index contributed by atoms with van der Waals surface area (Å²) >= 11 is 0. The molecule has 0 atom stereocenters. The highest BCUT2D eigenvalue weighted by molar-refractivity contribution is 5.58. The molecule has 2 rings (SSSR count). The van der Waals surface area contributed by atoms with Gasteiger partial charge in [0, 0.05) is 11.3 Å². The van der Waals surface area contributed by atoms with Gasteiger partial charge in [0.05, 0.1) is 5.69 Å². The second kappa shape index (κ2) is 4.74. The van der Waals surface area contributed by atoms with Gasteiger partial charge < -0.3 is 0 Å². The third-order valence-electron chi connectivity index (χ3n) is 2.31. The van der Waals surface area contributed by atoms with Crippen molar-refractivity contribution in [2.75, 3.05) is 0 Å². The molecule has 0 aliphatic heterocycles. The average Bonchev–Trinajstić information content (AvgIpc) is 2.31. The van der Waals surface area contributed by atoms with Crippen LogP contribution >= 0.6 is 0 Å². The van der Waals surface area contributed by atoms with Crippen molar-refractivity contribution in [1.82, 2.24) is 4.98 Å². The zero-order valence-corrected chi connectivity index (χ0v) is 8.69. The third-order valence-corrected chi connectivity index (χ3v) is 2.31. The molecule has 0 spiro atoms. The SMILES string of the molecule is [CH2]CCc1cccc(-c2ccccc2)n1. The van der Waals surface area contributed by atoms with Crippen molar-refractivity contribution in [3.8, 4) is 11.3 Å². The summed E-state index contributed by atoms with van der Waals surface area (Å²) in [6, 6.07) is 16.4. The van der Waals surface area contributed by atoms with Crippen molar-refractivity contribution in [1.29, 1.82) is 0 Å². The van der Waals surface area contributed by atoms with E-state index in [-0.39, 0.29) is 0 Å². The molecule has 0 saturated heterocycles. The van der Waals surface area contributed by atoms with E-state index in [2.05, 4.69) is 36.2 Å². The van der Waals surface area contributed by atoms with E-state index in [1.165, 1.54) is 5.56 Å². The first-order valence-corrected chi connectivity index (χ1v) is 5.21. The average molecular weight is 196 g/mol. The van der Waals surface area contributed by atoms with Gasteiger partial charge in [-0.05, 0) is 25.0 Å². The monoisotopic (exact) mass is 196 g/mol. The molecule has 2 aromatic rings. The number of benzene rings is 1. The molecule has 15 heavy (non-hydrogen) atoms. The first-order chi connectivity index (χ1) is 7.40. The topological polar surface area (TPSA) is 12.9 Å². The first kappa shape index (κ1) is 9.91. The molecule has 1 radical (unpaired) electrons. The molecule has 0 unspecified atom stereocenters. The van der Waals surface area contributed by atoms with Gasteiger partial charge in [0.2, 0.25) is 0 Å². The highest BCUT2D eigenvalue weighted by Crippen LogP contribution is 2.16. The molecule has 1 aromatic carbocycles. The number of hydrogen-bond acceptors (Lipinski definition) is 1. The summed E-state index contributed by atoms with van der Waals surface area (Å²) in [6.45, 7) is 3.84. The Bertz CT molecular complexity index is 420. The highest BCUT2D eigenvalue weighted by Gasteiger charge is 1.99. The summed E-state index contributed by atoms with van der Waals surface area (Å²) in [5.74, 6) is 0. The molecule has 0 N–H and O–H groups in total. The van der Waals surface area contributed by atoms with Gasteiger partial charge in [-0.25, -0.2) is 0 Å². The molecule has 0 bridgehead atoms. The van der Waals surface area contributed by atoms with Gasteiger partial charge in [0.15, 0.2) is 0 Å². The summed E-state index contributed by atoms with van der Waals surface area (Å²) in [7, 11) is 0. The molecule has 75 valence electrons. The third kappa shape index (κ3) is 2.44. The lowest BCUT2D eigenvalue weighted by molar-refractivity contribution is 0.944. The number of rotatable bonds is 3. The zero-order chi connectivity index (χ0) is 10.5. The van der Waals surface area contributed by atoms with Crippen molar-refractivity contribution in [2.45, 2.75) is 12.8 Å². The predicted molar refractivity (Wildman–Crippen MR) is 63.4 cm³/mol. The molecular weight excluding hydrogens is 182 g/mol.